The van der Waals surface area contributed by atoms with Crippen LogP contribution in [-0.2, 0) is 15.7 Å². The van der Waals surface area contributed by atoms with Gasteiger partial charge in [0, 0.05) is 5.70 Å². The minimum absolute atomic E-state index is 0.166. The van der Waals surface area contributed by atoms with E-state index in [4.69, 9.17) is 4.74 Å². The number of urea groups is 1. The number of carbonyl (C=O) groups excluding carboxylic acids is 2. The van der Waals surface area contributed by atoms with E-state index in [2.05, 4.69) is 10.6 Å². The molecule has 0 aliphatic carbocycles. The van der Waals surface area contributed by atoms with Gasteiger partial charge < -0.3 is 15.4 Å². The molecule has 0 bridgehead atoms. The molecule has 1 heterocycles. The van der Waals surface area contributed by atoms with Crippen LogP contribution in [0.5, 0.6) is 0 Å². The zero-order chi connectivity index (χ0) is 18.8. The van der Waals surface area contributed by atoms with Gasteiger partial charge in [0.25, 0.3) is 0 Å². The molecule has 1 aliphatic rings. The fraction of sp³-hybridized carbons (Fsp3) is 0.412. The number of halogens is 3. The SMILES string of the molecule is CC[C@@H](C)OC(=O)C1=C(C)NC(=O)N[C@@H]1c1ccc(C(F)(F)F)cc1. The lowest BCUT2D eigenvalue weighted by molar-refractivity contribution is -0.144. The smallest absolute Gasteiger partial charge is 0.416 e. The number of hydrogen-bond acceptors (Lipinski definition) is 3. The van der Waals surface area contributed by atoms with Crippen LogP contribution in [0.3, 0.4) is 0 Å². The fourth-order valence-corrected chi connectivity index (χ4v) is 2.41. The average molecular weight is 356 g/mol. The number of hydrogen-bond donors (Lipinski definition) is 2. The van der Waals surface area contributed by atoms with Crippen molar-refractivity contribution in [3.8, 4) is 0 Å². The van der Waals surface area contributed by atoms with Crippen molar-refractivity contribution in [1.29, 1.82) is 0 Å². The Bertz CT molecular complexity index is 696. The molecule has 1 aromatic rings. The van der Waals surface area contributed by atoms with E-state index >= 15 is 0 Å². The van der Waals surface area contributed by atoms with Crippen molar-refractivity contribution in [2.24, 2.45) is 0 Å². The van der Waals surface area contributed by atoms with Crippen LogP contribution in [0.15, 0.2) is 35.5 Å². The van der Waals surface area contributed by atoms with Gasteiger partial charge in [-0.2, -0.15) is 13.2 Å². The predicted octanol–water partition coefficient (Wildman–Crippen LogP) is 3.68. The third-order valence-electron chi connectivity index (χ3n) is 3.94. The summed E-state index contributed by atoms with van der Waals surface area (Å²) in [5.41, 5.74) is 0.0286. The van der Waals surface area contributed by atoms with E-state index in [0.29, 0.717) is 17.7 Å². The van der Waals surface area contributed by atoms with Crippen LogP contribution in [0.2, 0.25) is 0 Å². The first-order valence-corrected chi connectivity index (χ1v) is 7.80. The Hall–Kier alpha value is -2.51. The Morgan fingerprint density at radius 2 is 1.88 bits per heavy atom. The molecule has 136 valence electrons. The van der Waals surface area contributed by atoms with E-state index in [9.17, 15) is 22.8 Å². The molecule has 0 spiro atoms. The molecule has 0 saturated carbocycles. The molecule has 25 heavy (non-hydrogen) atoms. The fourth-order valence-electron chi connectivity index (χ4n) is 2.41. The van der Waals surface area contributed by atoms with Crippen LogP contribution in [0.1, 0.15) is 44.4 Å². The van der Waals surface area contributed by atoms with E-state index < -0.39 is 29.8 Å². The normalized spacial score (nSPS) is 19.1. The van der Waals surface area contributed by atoms with E-state index in [1.807, 2.05) is 6.92 Å². The van der Waals surface area contributed by atoms with E-state index in [1.165, 1.54) is 12.1 Å². The Labute approximate surface area is 143 Å². The topological polar surface area (TPSA) is 67.4 Å². The summed E-state index contributed by atoms with van der Waals surface area (Å²) < 4.78 is 43.4. The van der Waals surface area contributed by atoms with Gasteiger partial charge in [-0.05, 0) is 38.0 Å². The molecule has 2 amide bonds. The third kappa shape index (κ3) is 4.32. The molecule has 5 nitrogen and oxygen atoms in total. The summed E-state index contributed by atoms with van der Waals surface area (Å²) in [6.07, 6.45) is -4.17. The quantitative estimate of drug-likeness (QED) is 0.809. The summed E-state index contributed by atoms with van der Waals surface area (Å²) in [6.45, 7) is 5.13. The Kier molecular flexibility index (Phi) is 5.39. The number of esters is 1. The number of alkyl halides is 3. The van der Waals surface area contributed by atoms with Crippen LogP contribution >= 0.6 is 0 Å². The lowest BCUT2D eigenvalue weighted by atomic mass is 9.94. The summed E-state index contributed by atoms with van der Waals surface area (Å²) in [5.74, 6) is -0.621. The van der Waals surface area contributed by atoms with Crippen LogP contribution in [0.25, 0.3) is 0 Å². The third-order valence-corrected chi connectivity index (χ3v) is 3.94. The minimum atomic E-state index is -4.46. The molecule has 0 fully saturated rings. The second kappa shape index (κ2) is 7.16. The van der Waals surface area contributed by atoms with Crippen LogP contribution in [-0.4, -0.2) is 18.1 Å². The van der Waals surface area contributed by atoms with Gasteiger partial charge in [-0.1, -0.05) is 19.1 Å². The molecule has 0 unspecified atom stereocenters. The maximum absolute atomic E-state index is 12.7. The van der Waals surface area contributed by atoms with Crippen molar-refractivity contribution in [3.05, 3.63) is 46.7 Å². The van der Waals surface area contributed by atoms with Gasteiger partial charge in [-0.15, -0.1) is 0 Å². The highest BCUT2D eigenvalue weighted by atomic mass is 19.4. The highest BCUT2D eigenvalue weighted by Gasteiger charge is 2.34. The molecule has 1 aliphatic heterocycles. The van der Waals surface area contributed by atoms with E-state index in [-0.39, 0.29) is 11.7 Å². The standard InChI is InChI=1S/C17H19F3N2O3/c1-4-9(2)25-15(23)13-10(3)21-16(24)22-14(13)11-5-7-12(8-6-11)17(18,19)20/h5-9,14H,4H2,1-3H3,(H2,21,22,24)/t9-,14-/m1/s1. The first kappa shape index (κ1) is 18.8. The largest absolute Gasteiger partial charge is 0.459 e. The van der Waals surface area contributed by atoms with Crippen molar-refractivity contribution in [1.82, 2.24) is 10.6 Å². The maximum Gasteiger partial charge on any atom is 0.416 e. The average Bonchev–Trinajstić information content (AvgIpc) is 2.53. The van der Waals surface area contributed by atoms with Gasteiger partial charge >= 0.3 is 18.2 Å². The lowest BCUT2D eigenvalue weighted by Crippen LogP contribution is -2.45. The summed E-state index contributed by atoms with van der Waals surface area (Å²) >= 11 is 0. The molecule has 2 atom stereocenters. The molecule has 0 radical (unpaired) electrons. The van der Waals surface area contributed by atoms with Crippen molar-refractivity contribution in [3.63, 3.8) is 0 Å². The number of benzene rings is 1. The van der Waals surface area contributed by atoms with Gasteiger partial charge in [-0.25, -0.2) is 9.59 Å². The number of nitrogens with one attached hydrogen (secondary N) is 2. The summed E-state index contributed by atoms with van der Waals surface area (Å²) in [5, 5.41) is 5.04. The summed E-state index contributed by atoms with van der Waals surface area (Å²) in [7, 11) is 0. The second-order valence-electron chi connectivity index (χ2n) is 5.81. The van der Waals surface area contributed by atoms with Crippen molar-refractivity contribution >= 4 is 12.0 Å². The Morgan fingerprint density at radius 3 is 2.40 bits per heavy atom. The number of ether oxygens (including phenoxy) is 1. The molecule has 2 N–H and O–H groups in total. The number of carbonyl (C=O) groups is 2. The second-order valence-corrected chi connectivity index (χ2v) is 5.81. The number of rotatable bonds is 4. The molecule has 1 aromatic carbocycles. The highest BCUT2D eigenvalue weighted by molar-refractivity contribution is 5.95. The van der Waals surface area contributed by atoms with E-state index in [0.717, 1.165) is 12.1 Å². The zero-order valence-electron chi connectivity index (χ0n) is 14.0. The van der Waals surface area contributed by atoms with Crippen LogP contribution in [0.4, 0.5) is 18.0 Å². The molecular weight excluding hydrogens is 337 g/mol. The van der Waals surface area contributed by atoms with Crippen molar-refractivity contribution in [2.45, 2.75) is 45.5 Å². The van der Waals surface area contributed by atoms with E-state index in [1.54, 1.807) is 13.8 Å². The minimum Gasteiger partial charge on any atom is -0.459 e. The van der Waals surface area contributed by atoms with Crippen molar-refractivity contribution < 1.29 is 27.5 Å². The number of amides is 2. The first-order chi connectivity index (χ1) is 11.6. The molecule has 8 heteroatoms. The van der Waals surface area contributed by atoms with Crippen LogP contribution < -0.4 is 10.6 Å². The Morgan fingerprint density at radius 1 is 1.28 bits per heavy atom. The molecule has 0 saturated heterocycles. The first-order valence-electron chi connectivity index (χ1n) is 7.80. The maximum atomic E-state index is 12.7. The van der Waals surface area contributed by atoms with Gasteiger partial charge in [-0.3, -0.25) is 0 Å². The Balaban J connectivity index is 2.37. The van der Waals surface area contributed by atoms with Crippen LogP contribution in [0, 0.1) is 0 Å². The number of allylic oxidation sites excluding steroid dienone is 1. The zero-order valence-corrected chi connectivity index (χ0v) is 14.0. The predicted molar refractivity (Wildman–Crippen MR) is 84.4 cm³/mol. The summed E-state index contributed by atoms with van der Waals surface area (Å²) in [6, 6.07) is 2.88. The van der Waals surface area contributed by atoms with Gasteiger partial charge in [0.1, 0.15) is 0 Å². The van der Waals surface area contributed by atoms with Gasteiger partial charge in [0.05, 0.1) is 23.3 Å². The highest BCUT2D eigenvalue weighted by Crippen LogP contribution is 2.32. The van der Waals surface area contributed by atoms with Crippen molar-refractivity contribution in [2.75, 3.05) is 0 Å². The molecular formula is C17H19F3N2O3. The monoisotopic (exact) mass is 356 g/mol. The summed E-state index contributed by atoms with van der Waals surface area (Å²) in [4.78, 5) is 24.2. The van der Waals surface area contributed by atoms with Gasteiger partial charge in [0.15, 0.2) is 0 Å². The molecule has 2 rings (SSSR count). The van der Waals surface area contributed by atoms with Gasteiger partial charge in [0.2, 0.25) is 0 Å². The lowest BCUT2D eigenvalue weighted by Gasteiger charge is -2.29. The molecule has 0 aromatic heterocycles.